The highest BCUT2D eigenvalue weighted by molar-refractivity contribution is 5.43. The van der Waals surface area contributed by atoms with E-state index < -0.39 is 0 Å². The average molecular weight is 211 g/mol. The Hall–Kier alpha value is -1.36. The van der Waals surface area contributed by atoms with Crippen LogP contribution < -0.4 is 10.5 Å². The van der Waals surface area contributed by atoms with Crippen molar-refractivity contribution in [1.82, 2.24) is 10.2 Å². The van der Waals surface area contributed by atoms with Gasteiger partial charge in [-0.05, 0) is 20.3 Å². The first-order valence-corrected chi connectivity index (χ1v) is 5.07. The van der Waals surface area contributed by atoms with Crippen molar-refractivity contribution in [2.24, 2.45) is 0 Å². The number of aromatic amines is 1. The molecule has 5 nitrogen and oxygen atoms in total. The van der Waals surface area contributed by atoms with Gasteiger partial charge in [0.1, 0.15) is 0 Å². The Balaban J connectivity index is 2.84. The third kappa shape index (κ3) is 3.36. The number of aromatic nitrogens is 2. The number of anilines is 1. The van der Waals surface area contributed by atoms with E-state index in [0.29, 0.717) is 6.42 Å². The molecule has 0 aliphatic heterocycles. The van der Waals surface area contributed by atoms with Crippen molar-refractivity contribution in [3.8, 4) is 0 Å². The van der Waals surface area contributed by atoms with Crippen molar-refractivity contribution in [3.05, 3.63) is 22.6 Å². The van der Waals surface area contributed by atoms with Gasteiger partial charge in [0.05, 0.1) is 11.9 Å². The van der Waals surface area contributed by atoms with E-state index in [-0.39, 0.29) is 18.2 Å². The smallest absolute Gasteiger partial charge is 0.266 e. The largest absolute Gasteiger partial charge is 0.396 e. The number of rotatable bonds is 5. The van der Waals surface area contributed by atoms with Crippen molar-refractivity contribution in [2.45, 2.75) is 26.3 Å². The van der Waals surface area contributed by atoms with E-state index in [2.05, 4.69) is 10.2 Å². The third-order valence-corrected chi connectivity index (χ3v) is 2.16. The van der Waals surface area contributed by atoms with Crippen LogP contribution in [-0.2, 0) is 0 Å². The van der Waals surface area contributed by atoms with Gasteiger partial charge in [0.25, 0.3) is 5.56 Å². The van der Waals surface area contributed by atoms with Gasteiger partial charge >= 0.3 is 0 Å². The summed E-state index contributed by atoms with van der Waals surface area (Å²) in [6.07, 6.45) is 2.31. The minimum atomic E-state index is -0.206. The topological polar surface area (TPSA) is 69.2 Å². The second kappa shape index (κ2) is 5.50. The molecule has 0 amide bonds. The van der Waals surface area contributed by atoms with Crippen LogP contribution >= 0.6 is 0 Å². The number of aliphatic hydroxyl groups is 1. The lowest BCUT2D eigenvalue weighted by molar-refractivity contribution is 0.288. The van der Waals surface area contributed by atoms with E-state index in [1.165, 1.54) is 6.07 Å². The van der Waals surface area contributed by atoms with Gasteiger partial charge in [-0.25, -0.2) is 5.10 Å². The number of hydrogen-bond acceptors (Lipinski definition) is 4. The number of nitrogens with one attached hydrogen (secondary N) is 1. The monoisotopic (exact) mass is 211 g/mol. The van der Waals surface area contributed by atoms with Crippen LogP contribution in [0.25, 0.3) is 0 Å². The van der Waals surface area contributed by atoms with Crippen LogP contribution in [0.5, 0.6) is 0 Å². The van der Waals surface area contributed by atoms with Gasteiger partial charge in [0.15, 0.2) is 0 Å². The lowest BCUT2D eigenvalue weighted by Gasteiger charge is -2.28. The third-order valence-electron chi connectivity index (χ3n) is 2.16. The van der Waals surface area contributed by atoms with E-state index in [0.717, 1.165) is 12.2 Å². The van der Waals surface area contributed by atoms with Crippen molar-refractivity contribution in [1.29, 1.82) is 0 Å². The number of hydrogen-bond donors (Lipinski definition) is 2. The van der Waals surface area contributed by atoms with E-state index in [1.807, 2.05) is 18.7 Å². The van der Waals surface area contributed by atoms with Crippen LogP contribution in [0.3, 0.4) is 0 Å². The molecule has 1 aromatic heterocycles. The van der Waals surface area contributed by atoms with E-state index >= 15 is 0 Å². The maximum atomic E-state index is 11.1. The minimum absolute atomic E-state index is 0.153. The maximum absolute atomic E-state index is 11.1. The van der Waals surface area contributed by atoms with Crippen LogP contribution in [0.2, 0.25) is 0 Å². The number of aliphatic hydroxyl groups excluding tert-OH is 1. The highest BCUT2D eigenvalue weighted by Crippen LogP contribution is 2.13. The molecule has 0 atom stereocenters. The molecule has 0 unspecified atom stereocenters. The molecule has 15 heavy (non-hydrogen) atoms. The second-order valence-corrected chi connectivity index (χ2v) is 3.67. The molecule has 84 valence electrons. The highest BCUT2D eigenvalue weighted by Gasteiger charge is 2.10. The van der Waals surface area contributed by atoms with Gasteiger partial charge in [0.2, 0.25) is 0 Å². The fourth-order valence-electron chi connectivity index (χ4n) is 1.45. The molecule has 0 bridgehead atoms. The summed E-state index contributed by atoms with van der Waals surface area (Å²) < 4.78 is 0. The highest BCUT2D eigenvalue weighted by atomic mass is 16.3. The van der Waals surface area contributed by atoms with Crippen molar-refractivity contribution < 1.29 is 5.11 Å². The van der Waals surface area contributed by atoms with Gasteiger partial charge in [-0.15, -0.1) is 0 Å². The Bertz CT molecular complexity index is 349. The second-order valence-electron chi connectivity index (χ2n) is 3.67. The molecule has 1 heterocycles. The Morgan fingerprint density at radius 1 is 1.60 bits per heavy atom. The zero-order valence-corrected chi connectivity index (χ0v) is 9.10. The Labute approximate surface area is 88.7 Å². The van der Waals surface area contributed by atoms with Crippen LogP contribution in [0.15, 0.2) is 17.1 Å². The van der Waals surface area contributed by atoms with Gasteiger partial charge < -0.3 is 10.0 Å². The fourth-order valence-corrected chi connectivity index (χ4v) is 1.45. The fraction of sp³-hybridized carbons (Fsp3) is 0.600. The first kappa shape index (κ1) is 11.7. The molecule has 5 heteroatoms. The first-order valence-electron chi connectivity index (χ1n) is 5.07. The molecular weight excluding hydrogens is 194 g/mol. The summed E-state index contributed by atoms with van der Waals surface area (Å²) in [5, 5.41) is 14.9. The lowest BCUT2D eigenvalue weighted by atomic mass is 10.2. The molecule has 1 rings (SSSR count). The quantitative estimate of drug-likeness (QED) is 0.738. The zero-order chi connectivity index (χ0) is 11.3. The summed E-state index contributed by atoms with van der Waals surface area (Å²) >= 11 is 0. The van der Waals surface area contributed by atoms with Crippen LogP contribution in [0.4, 0.5) is 5.69 Å². The molecule has 0 aliphatic rings. The predicted octanol–water partition coefficient (Wildman–Crippen LogP) is 0.367. The number of nitrogens with zero attached hydrogens (tertiary/aromatic N) is 2. The minimum Gasteiger partial charge on any atom is -0.396 e. The van der Waals surface area contributed by atoms with Gasteiger partial charge in [0, 0.05) is 25.3 Å². The van der Waals surface area contributed by atoms with Gasteiger partial charge in [-0.1, -0.05) is 0 Å². The zero-order valence-electron chi connectivity index (χ0n) is 9.10. The summed E-state index contributed by atoms with van der Waals surface area (Å²) in [5.74, 6) is 0. The molecule has 1 aromatic rings. The molecule has 0 spiro atoms. The molecule has 0 radical (unpaired) electrons. The standard InChI is InChI=1S/C10H17N3O2/c1-8(2)13(4-3-5-14)9-6-10(15)12-11-7-9/h6-8,14H,3-5H2,1-2H3,(H,12,15). The maximum Gasteiger partial charge on any atom is 0.266 e. The Morgan fingerprint density at radius 2 is 2.33 bits per heavy atom. The van der Waals surface area contributed by atoms with Crippen LogP contribution in [0.1, 0.15) is 20.3 Å². The van der Waals surface area contributed by atoms with E-state index in [1.54, 1.807) is 6.20 Å². The van der Waals surface area contributed by atoms with E-state index in [9.17, 15) is 4.79 Å². The average Bonchev–Trinajstić information content (AvgIpc) is 2.18. The molecule has 2 N–H and O–H groups in total. The van der Waals surface area contributed by atoms with Crippen molar-refractivity contribution in [3.63, 3.8) is 0 Å². The molecule has 0 aliphatic carbocycles. The van der Waals surface area contributed by atoms with Crippen molar-refractivity contribution >= 4 is 5.69 Å². The van der Waals surface area contributed by atoms with E-state index in [4.69, 9.17) is 5.11 Å². The Kier molecular flexibility index (Phi) is 4.30. The normalized spacial score (nSPS) is 10.7. The Morgan fingerprint density at radius 3 is 2.87 bits per heavy atom. The van der Waals surface area contributed by atoms with Gasteiger partial charge in [-0.2, -0.15) is 5.10 Å². The lowest BCUT2D eigenvalue weighted by Crippen LogP contribution is -2.33. The molecule has 0 saturated heterocycles. The summed E-state index contributed by atoms with van der Waals surface area (Å²) in [6.45, 7) is 4.95. The SMILES string of the molecule is CC(C)N(CCCO)c1cn[nH]c(=O)c1. The summed E-state index contributed by atoms with van der Waals surface area (Å²) in [7, 11) is 0. The van der Waals surface area contributed by atoms with Crippen LogP contribution in [-0.4, -0.2) is 34.5 Å². The number of H-pyrrole nitrogens is 1. The predicted molar refractivity (Wildman–Crippen MR) is 59.0 cm³/mol. The molecular formula is C10H17N3O2. The van der Waals surface area contributed by atoms with Gasteiger partial charge in [-0.3, -0.25) is 4.79 Å². The molecule has 0 fully saturated rings. The first-order chi connectivity index (χ1) is 7.15. The summed E-state index contributed by atoms with van der Waals surface area (Å²) in [4.78, 5) is 13.1. The molecule has 0 aromatic carbocycles. The van der Waals surface area contributed by atoms with Crippen LogP contribution in [0, 0.1) is 0 Å². The molecule has 0 saturated carbocycles. The summed E-state index contributed by atoms with van der Waals surface area (Å²) in [5.41, 5.74) is 0.587. The summed E-state index contributed by atoms with van der Waals surface area (Å²) in [6, 6.07) is 1.80. The van der Waals surface area contributed by atoms with Crippen molar-refractivity contribution in [2.75, 3.05) is 18.1 Å².